The van der Waals surface area contributed by atoms with E-state index in [2.05, 4.69) is 20.4 Å². The topological polar surface area (TPSA) is 64.3 Å². The Morgan fingerprint density at radius 1 is 1.38 bits per heavy atom. The molecule has 0 unspecified atom stereocenters. The van der Waals surface area contributed by atoms with Crippen molar-refractivity contribution < 1.29 is 9.26 Å². The second-order valence-corrected chi connectivity index (χ2v) is 6.58. The van der Waals surface area contributed by atoms with Gasteiger partial charge in [-0.2, -0.15) is 4.98 Å². The van der Waals surface area contributed by atoms with Gasteiger partial charge >= 0.3 is 0 Å². The summed E-state index contributed by atoms with van der Waals surface area (Å²) in [5.41, 5.74) is 1.14. The van der Waals surface area contributed by atoms with Gasteiger partial charge in [0.05, 0.1) is 23.9 Å². The van der Waals surface area contributed by atoms with Gasteiger partial charge in [0.15, 0.2) is 5.82 Å². The van der Waals surface area contributed by atoms with E-state index in [0.29, 0.717) is 18.3 Å². The highest BCUT2D eigenvalue weighted by Crippen LogP contribution is 2.41. The van der Waals surface area contributed by atoms with Crippen molar-refractivity contribution >= 4 is 11.3 Å². The first-order valence-electron chi connectivity index (χ1n) is 7.36. The van der Waals surface area contributed by atoms with Gasteiger partial charge in [-0.15, -0.1) is 11.3 Å². The molecule has 2 aliphatic rings. The van der Waals surface area contributed by atoms with Crippen LogP contribution in [-0.2, 0) is 11.3 Å². The second kappa shape index (κ2) is 5.47. The minimum Gasteiger partial charge on any atom is -0.378 e. The van der Waals surface area contributed by atoms with Crippen LogP contribution in [0.15, 0.2) is 9.90 Å². The van der Waals surface area contributed by atoms with E-state index in [1.54, 1.807) is 11.3 Å². The molecule has 1 atom stereocenters. The van der Waals surface area contributed by atoms with Gasteiger partial charge in [0.25, 0.3) is 0 Å². The third-order valence-corrected chi connectivity index (χ3v) is 4.98. The third-order valence-electron chi connectivity index (χ3n) is 3.93. The predicted molar refractivity (Wildman–Crippen MR) is 77.1 cm³/mol. The molecule has 1 saturated heterocycles. The zero-order valence-corrected chi connectivity index (χ0v) is 12.8. The van der Waals surface area contributed by atoms with Crippen LogP contribution in [0, 0.1) is 6.92 Å². The number of morpholine rings is 1. The average molecular weight is 306 g/mol. The fourth-order valence-corrected chi connectivity index (χ4v) is 3.61. The van der Waals surface area contributed by atoms with E-state index in [1.807, 2.05) is 6.92 Å². The lowest BCUT2D eigenvalue weighted by atomic mass is 10.2. The van der Waals surface area contributed by atoms with Crippen LogP contribution in [0.2, 0.25) is 0 Å². The quantitative estimate of drug-likeness (QED) is 0.863. The summed E-state index contributed by atoms with van der Waals surface area (Å²) in [6.07, 6.45) is 2.60. The Morgan fingerprint density at radius 2 is 2.29 bits per heavy atom. The van der Waals surface area contributed by atoms with Gasteiger partial charge in [-0.05, 0) is 19.8 Å². The van der Waals surface area contributed by atoms with E-state index in [4.69, 9.17) is 14.2 Å². The van der Waals surface area contributed by atoms with Crippen molar-refractivity contribution in [1.82, 2.24) is 20.0 Å². The fourth-order valence-electron chi connectivity index (χ4n) is 2.62. The van der Waals surface area contributed by atoms with E-state index in [-0.39, 0.29) is 6.04 Å². The molecule has 1 saturated carbocycles. The van der Waals surface area contributed by atoms with Crippen LogP contribution in [0.1, 0.15) is 47.2 Å². The van der Waals surface area contributed by atoms with Gasteiger partial charge < -0.3 is 9.26 Å². The summed E-state index contributed by atoms with van der Waals surface area (Å²) >= 11 is 1.79. The molecule has 7 heteroatoms. The molecule has 3 heterocycles. The molecule has 0 N–H and O–H groups in total. The summed E-state index contributed by atoms with van der Waals surface area (Å²) in [5.74, 6) is 2.04. The van der Waals surface area contributed by atoms with Gasteiger partial charge in [-0.1, -0.05) is 5.16 Å². The maximum atomic E-state index is 5.58. The molecule has 2 aromatic heterocycles. The summed E-state index contributed by atoms with van der Waals surface area (Å²) in [6.45, 7) is 4.86. The smallest absolute Gasteiger partial charge is 0.246 e. The van der Waals surface area contributed by atoms with E-state index in [1.165, 1.54) is 17.8 Å². The second-order valence-electron chi connectivity index (χ2n) is 5.69. The fraction of sp³-hybridized carbons (Fsp3) is 0.643. The maximum Gasteiger partial charge on any atom is 0.246 e. The number of ether oxygens (including phenoxy) is 1. The van der Waals surface area contributed by atoms with Gasteiger partial charge in [0.2, 0.25) is 5.89 Å². The molecule has 2 fully saturated rings. The first-order chi connectivity index (χ1) is 10.3. The average Bonchev–Trinajstić information content (AvgIpc) is 3.09. The van der Waals surface area contributed by atoms with Crippen LogP contribution >= 0.6 is 11.3 Å². The van der Waals surface area contributed by atoms with Gasteiger partial charge in [0, 0.05) is 24.4 Å². The Labute approximate surface area is 127 Å². The number of thiazole rings is 1. The Bertz CT molecular complexity index is 622. The molecule has 21 heavy (non-hydrogen) atoms. The van der Waals surface area contributed by atoms with E-state index >= 15 is 0 Å². The lowest BCUT2D eigenvalue weighted by Gasteiger charge is -2.32. The molecule has 0 radical (unpaired) electrons. The van der Waals surface area contributed by atoms with Crippen LogP contribution in [0.3, 0.4) is 0 Å². The van der Waals surface area contributed by atoms with Crippen molar-refractivity contribution in [3.63, 3.8) is 0 Å². The van der Waals surface area contributed by atoms with Crippen LogP contribution in [0.25, 0.3) is 0 Å². The molecule has 1 aliphatic heterocycles. The highest BCUT2D eigenvalue weighted by molar-refractivity contribution is 7.09. The van der Waals surface area contributed by atoms with Crippen LogP contribution in [0.5, 0.6) is 0 Å². The largest absolute Gasteiger partial charge is 0.378 e. The Kier molecular flexibility index (Phi) is 3.48. The van der Waals surface area contributed by atoms with Crippen molar-refractivity contribution in [2.75, 3.05) is 19.8 Å². The van der Waals surface area contributed by atoms with Crippen LogP contribution < -0.4 is 0 Å². The molecule has 1 aliphatic carbocycles. The lowest BCUT2D eigenvalue weighted by Crippen LogP contribution is -2.39. The molecular formula is C14H18N4O2S. The number of aryl methyl sites for hydroxylation is 1. The predicted octanol–water partition coefficient (Wildman–Crippen LogP) is 2.29. The van der Waals surface area contributed by atoms with E-state index < -0.39 is 0 Å². The van der Waals surface area contributed by atoms with Gasteiger partial charge in [-0.3, -0.25) is 4.90 Å². The molecule has 112 valence electrons. The van der Waals surface area contributed by atoms with Gasteiger partial charge in [0.1, 0.15) is 6.04 Å². The zero-order chi connectivity index (χ0) is 14.2. The van der Waals surface area contributed by atoms with Crippen LogP contribution in [0.4, 0.5) is 0 Å². The first-order valence-corrected chi connectivity index (χ1v) is 8.24. The molecule has 0 aromatic carbocycles. The van der Waals surface area contributed by atoms with E-state index in [0.717, 1.165) is 31.3 Å². The highest BCUT2D eigenvalue weighted by Gasteiger charge is 2.31. The summed E-state index contributed by atoms with van der Waals surface area (Å²) in [7, 11) is 0. The minimum atomic E-state index is 0.0334. The molecule has 4 rings (SSSR count). The lowest BCUT2D eigenvalue weighted by molar-refractivity contribution is -0.0245. The van der Waals surface area contributed by atoms with Gasteiger partial charge in [-0.25, -0.2) is 4.98 Å². The standard InChI is InChI=1S/C14H18N4O2S/c1-9-15-13(20-17-9)12-7-19-5-4-18(12)6-11-8-21-14(16-11)10-2-3-10/h8,10,12H,2-7H2,1H3/t12-/m0/s1. The zero-order valence-electron chi connectivity index (χ0n) is 12.0. The van der Waals surface area contributed by atoms with Crippen molar-refractivity contribution in [1.29, 1.82) is 0 Å². The summed E-state index contributed by atoms with van der Waals surface area (Å²) in [5, 5.41) is 7.36. The Hall–Kier alpha value is -1.31. The number of hydrogen-bond donors (Lipinski definition) is 0. The van der Waals surface area contributed by atoms with E-state index in [9.17, 15) is 0 Å². The molecule has 2 aromatic rings. The molecular weight excluding hydrogens is 288 g/mol. The highest BCUT2D eigenvalue weighted by atomic mass is 32.1. The number of rotatable bonds is 4. The van der Waals surface area contributed by atoms with Crippen molar-refractivity contribution in [2.24, 2.45) is 0 Å². The third kappa shape index (κ3) is 2.86. The SMILES string of the molecule is Cc1noc([C@@H]2COCCN2Cc2csc(C3CC3)n2)n1. The minimum absolute atomic E-state index is 0.0334. The maximum absolute atomic E-state index is 5.58. The monoisotopic (exact) mass is 306 g/mol. The normalized spacial score (nSPS) is 23.6. The number of nitrogens with zero attached hydrogens (tertiary/aromatic N) is 4. The molecule has 6 nitrogen and oxygen atoms in total. The molecule has 0 spiro atoms. The number of hydrogen-bond acceptors (Lipinski definition) is 7. The number of aromatic nitrogens is 3. The molecule has 0 bridgehead atoms. The van der Waals surface area contributed by atoms with Crippen molar-refractivity contribution in [3.8, 4) is 0 Å². The summed E-state index contributed by atoms with van der Waals surface area (Å²) in [4.78, 5) is 11.4. The Morgan fingerprint density at radius 3 is 3.05 bits per heavy atom. The summed E-state index contributed by atoms with van der Waals surface area (Å²) in [6, 6.07) is 0.0334. The van der Waals surface area contributed by atoms with Crippen LogP contribution in [-0.4, -0.2) is 39.8 Å². The summed E-state index contributed by atoms with van der Waals surface area (Å²) < 4.78 is 10.9. The first kappa shape index (κ1) is 13.4. The Balaban J connectivity index is 1.50. The molecule has 0 amide bonds. The van der Waals surface area contributed by atoms with Crippen molar-refractivity contribution in [3.05, 3.63) is 27.8 Å². The van der Waals surface area contributed by atoms with Crippen molar-refractivity contribution in [2.45, 2.75) is 38.3 Å².